The molecule has 0 spiro atoms. The maximum atomic E-state index is 4.32. The Morgan fingerprint density at radius 3 is 2.60 bits per heavy atom. The third-order valence-electron chi connectivity index (χ3n) is 3.03. The molecule has 0 N–H and O–H groups in total. The number of fused-ring (bicyclic) bond motifs is 1. The molecule has 0 amide bonds. The van der Waals surface area contributed by atoms with Gasteiger partial charge in [0, 0.05) is 6.54 Å². The van der Waals surface area contributed by atoms with E-state index in [1.54, 1.807) is 0 Å². The Morgan fingerprint density at radius 2 is 1.87 bits per heavy atom. The summed E-state index contributed by atoms with van der Waals surface area (Å²) in [6.07, 6.45) is 7.62. The number of aryl methyl sites for hydroxylation is 1. The van der Waals surface area contributed by atoms with Gasteiger partial charge in [-0.1, -0.05) is 31.9 Å². The van der Waals surface area contributed by atoms with Gasteiger partial charge in [0.15, 0.2) is 0 Å². The zero-order valence-corrected chi connectivity index (χ0v) is 9.87. The van der Waals surface area contributed by atoms with Gasteiger partial charge >= 0.3 is 0 Å². The average molecular weight is 207 g/mol. The maximum absolute atomic E-state index is 4.32. The van der Waals surface area contributed by atoms with Crippen molar-refractivity contribution in [1.29, 1.82) is 0 Å². The Hall–Kier alpha value is -0.860. The smallest absolute Gasteiger partial charge is 0.0859 e. The summed E-state index contributed by atoms with van der Waals surface area (Å²) in [4.78, 5) is 0. The molecule has 0 radical (unpaired) electrons. The van der Waals surface area contributed by atoms with Crippen LogP contribution in [0.15, 0.2) is 0 Å². The molecule has 15 heavy (non-hydrogen) atoms. The lowest BCUT2D eigenvalue weighted by atomic mass is 10.0. The maximum Gasteiger partial charge on any atom is 0.0859 e. The van der Waals surface area contributed by atoms with Gasteiger partial charge in [0.25, 0.3) is 0 Å². The predicted octanol–water partition coefficient (Wildman–Crippen LogP) is 2.59. The van der Waals surface area contributed by atoms with Crippen molar-refractivity contribution in [3.63, 3.8) is 0 Å². The largest absolute Gasteiger partial charge is 0.249 e. The quantitative estimate of drug-likeness (QED) is 0.746. The minimum atomic E-state index is 0.654. The molecular weight excluding hydrogens is 186 g/mol. The van der Waals surface area contributed by atoms with Gasteiger partial charge in [0.1, 0.15) is 0 Å². The molecule has 0 aliphatic heterocycles. The molecule has 1 aromatic rings. The van der Waals surface area contributed by atoms with Crippen molar-refractivity contribution in [2.75, 3.05) is 0 Å². The van der Waals surface area contributed by atoms with Crippen LogP contribution in [0.3, 0.4) is 0 Å². The van der Waals surface area contributed by atoms with E-state index in [0.717, 1.165) is 13.0 Å². The predicted molar refractivity (Wildman–Crippen MR) is 60.7 cm³/mol. The minimum Gasteiger partial charge on any atom is -0.249 e. The fourth-order valence-corrected chi connectivity index (χ4v) is 2.27. The van der Waals surface area contributed by atoms with E-state index in [1.807, 2.05) is 0 Å². The third-order valence-corrected chi connectivity index (χ3v) is 3.03. The van der Waals surface area contributed by atoms with Crippen molar-refractivity contribution in [2.24, 2.45) is 5.92 Å². The molecule has 3 heteroatoms. The van der Waals surface area contributed by atoms with Crippen molar-refractivity contribution < 1.29 is 0 Å². The topological polar surface area (TPSA) is 30.7 Å². The van der Waals surface area contributed by atoms with E-state index < -0.39 is 0 Å². The lowest BCUT2D eigenvalue weighted by Gasteiger charge is -2.12. The lowest BCUT2D eigenvalue weighted by molar-refractivity contribution is 0.454. The second-order valence-corrected chi connectivity index (χ2v) is 4.97. The molecule has 0 bridgehead atoms. The molecule has 1 heterocycles. The SMILES string of the molecule is CC(C)Cn1nnc2c1CCCCCC2. The van der Waals surface area contributed by atoms with Gasteiger partial charge in [-0.2, -0.15) is 0 Å². The van der Waals surface area contributed by atoms with Crippen molar-refractivity contribution in [3.8, 4) is 0 Å². The molecule has 1 aliphatic rings. The highest BCUT2D eigenvalue weighted by molar-refractivity contribution is 5.11. The van der Waals surface area contributed by atoms with Crippen molar-refractivity contribution in [1.82, 2.24) is 15.0 Å². The van der Waals surface area contributed by atoms with E-state index in [2.05, 4.69) is 28.8 Å². The summed E-state index contributed by atoms with van der Waals surface area (Å²) in [6.45, 7) is 5.48. The standard InChI is InChI=1S/C12H21N3/c1-10(2)9-15-12-8-6-4-3-5-7-11(12)13-14-15/h10H,3-9H2,1-2H3. The molecule has 0 saturated carbocycles. The molecule has 2 rings (SSSR count). The van der Waals surface area contributed by atoms with Gasteiger partial charge < -0.3 is 0 Å². The normalized spacial score (nSPS) is 17.3. The molecule has 0 fully saturated rings. The van der Waals surface area contributed by atoms with Gasteiger partial charge in [0.2, 0.25) is 0 Å². The molecule has 1 aromatic heterocycles. The van der Waals surface area contributed by atoms with Crippen LogP contribution in [0.1, 0.15) is 50.9 Å². The Bertz CT molecular complexity index is 315. The summed E-state index contributed by atoms with van der Waals surface area (Å²) in [5.41, 5.74) is 2.67. The van der Waals surface area contributed by atoms with Crippen molar-refractivity contribution >= 4 is 0 Å². The van der Waals surface area contributed by atoms with Crippen molar-refractivity contribution in [2.45, 2.75) is 58.9 Å². The second kappa shape index (κ2) is 4.77. The van der Waals surface area contributed by atoms with E-state index in [9.17, 15) is 0 Å². The third kappa shape index (κ3) is 2.58. The van der Waals surface area contributed by atoms with Gasteiger partial charge in [-0.25, -0.2) is 4.68 Å². The highest BCUT2D eigenvalue weighted by Gasteiger charge is 2.14. The molecule has 3 nitrogen and oxygen atoms in total. The molecule has 0 atom stereocenters. The van der Waals surface area contributed by atoms with E-state index in [-0.39, 0.29) is 0 Å². The molecular formula is C12H21N3. The molecule has 0 aromatic carbocycles. The highest BCUT2D eigenvalue weighted by Crippen LogP contribution is 2.18. The zero-order valence-electron chi connectivity index (χ0n) is 9.87. The van der Waals surface area contributed by atoms with Gasteiger partial charge in [-0.15, -0.1) is 5.10 Å². The molecule has 84 valence electrons. The summed E-state index contributed by atoms with van der Waals surface area (Å²) < 4.78 is 2.13. The first-order valence-electron chi connectivity index (χ1n) is 6.18. The Labute approximate surface area is 91.9 Å². The van der Waals surface area contributed by atoms with Crippen LogP contribution < -0.4 is 0 Å². The van der Waals surface area contributed by atoms with Crippen LogP contribution >= 0.6 is 0 Å². The van der Waals surface area contributed by atoms with E-state index in [1.165, 1.54) is 43.5 Å². The zero-order chi connectivity index (χ0) is 10.7. The summed E-state index contributed by atoms with van der Waals surface area (Å²) in [6, 6.07) is 0. The van der Waals surface area contributed by atoms with Crippen molar-refractivity contribution in [3.05, 3.63) is 11.4 Å². The highest BCUT2D eigenvalue weighted by atomic mass is 15.4. The van der Waals surface area contributed by atoms with Crippen LogP contribution in [0.4, 0.5) is 0 Å². The number of nitrogens with zero attached hydrogens (tertiary/aromatic N) is 3. The van der Waals surface area contributed by atoms with E-state index in [4.69, 9.17) is 0 Å². The van der Waals surface area contributed by atoms with E-state index in [0.29, 0.717) is 5.92 Å². The monoisotopic (exact) mass is 207 g/mol. The Kier molecular flexibility index (Phi) is 3.39. The molecule has 0 saturated heterocycles. The Balaban J connectivity index is 2.18. The minimum absolute atomic E-state index is 0.654. The van der Waals surface area contributed by atoms with Crippen LogP contribution in [-0.4, -0.2) is 15.0 Å². The van der Waals surface area contributed by atoms with Gasteiger partial charge in [0.05, 0.1) is 11.4 Å². The number of rotatable bonds is 2. The number of aromatic nitrogens is 3. The first-order chi connectivity index (χ1) is 7.27. The number of hydrogen-bond donors (Lipinski definition) is 0. The fourth-order valence-electron chi connectivity index (χ4n) is 2.27. The van der Waals surface area contributed by atoms with E-state index >= 15 is 0 Å². The Morgan fingerprint density at radius 1 is 1.13 bits per heavy atom. The summed E-state index contributed by atoms with van der Waals surface area (Å²) in [5, 5.41) is 8.61. The fraction of sp³-hybridized carbons (Fsp3) is 0.833. The second-order valence-electron chi connectivity index (χ2n) is 4.97. The van der Waals surface area contributed by atoms with Crippen LogP contribution in [-0.2, 0) is 19.4 Å². The summed E-state index contributed by atoms with van der Waals surface area (Å²) in [5.74, 6) is 0.654. The van der Waals surface area contributed by atoms with Gasteiger partial charge in [-0.05, 0) is 31.6 Å². The first-order valence-corrected chi connectivity index (χ1v) is 6.18. The van der Waals surface area contributed by atoms with Crippen LogP contribution in [0.5, 0.6) is 0 Å². The van der Waals surface area contributed by atoms with Crippen LogP contribution in [0, 0.1) is 5.92 Å². The average Bonchev–Trinajstić information content (AvgIpc) is 2.46. The number of hydrogen-bond acceptors (Lipinski definition) is 2. The molecule has 0 unspecified atom stereocenters. The summed E-state index contributed by atoms with van der Waals surface area (Å²) >= 11 is 0. The first kappa shape index (κ1) is 10.7. The van der Waals surface area contributed by atoms with Crippen LogP contribution in [0.25, 0.3) is 0 Å². The lowest BCUT2D eigenvalue weighted by Crippen LogP contribution is -2.11. The molecule has 1 aliphatic carbocycles. The van der Waals surface area contributed by atoms with Gasteiger partial charge in [-0.3, -0.25) is 0 Å². The summed E-state index contributed by atoms with van der Waals surface area (Å²) in [7, 11) is 0. The van der Waals surface area contributed by atoms with Crippen LogP contribution in [0.2, 0.25) is 0 Å².